The highest BCUT2D eigenvalue weighted by Crippen LogP contribution is 2.42. The summed E-state index contributed by atoms with van der Waals surface area (Å²) < 4.78 is 0. The summed E-state index contributed by atoms with van der Waals surface area (Å²) in [5, 5.41) is 2.77. The summed E-state index contributed by atoms with van der Waals surface area (Å²) in [7, 11) is 0. The molecule has 0 aliphatic heterocycles. The number of rotatable bonds is 2. The van der Waals surface area contributed by atoms with E-state index in [2.05, 4.69) is 58.4 Å². The van der Waals surface area contributed by atoms with Gasteiger partial charge in [-0.3, -0.25) is 0 Å². The average Bonchev–Trinajstić information content (AvgIpc) is 2.47. The molecule has 1 fully saturated rings. The molecule has 0 nitrogen and oxygen atoms in total. The van der Waals surface area contributed by atoms with E-state index in [1.807, 2.05) is 0 Å². The van der Waals surface area contributed by atoms with Gasteiger partial charge in [0.25, 0.3) is 0 Å². The Kier molecular flexibility index (Phi) is 3.69. The second-order valence-electron chi connectivity index (χ2n) is 5.37. The van der Waals surface area contributed by atoms with Crippen LogP contribution in [0.2, 0.25) is 0 Å². The lowest BCUT2D eigenvalue weighted by Gasteiger charge is -2.27. The van der Waals surface area contributed by atoms with Crippen LogP contribution in [0.1, 0.15) is 42.5 Å². The third kappa shape index (κ3) is 2.33. The third-order valence-corrected chi connectivity index (χ3v) is 5.43. The molecule has 0 spiro atoms. The van der Waals surface area contributed by atoms with Gasteiger partial charge >= 0.3 is 0 Å². The van der Waals surface area contributed by atoms with Gasteiger partial charge in [0.15, 0.2) is 0 Å². The van der Waals surface area contributed by atoms with Crippen LogP contribution in [0.4, 0.5) is 0 Å². The molecule has 0 radical (unpaired) electrons. The van der Waals surface area contributed by atoms with Gasteiger partial charge < -0.3 is 0 Å². The molecule has 94 valence electrons. The first kappa shape index (κ1) is 12.2. The Hall–Kier alpha value is -0.820. The fourth-order valence-corrected chi connectivity index (χ4v) is 4.10. The van der Waals surface area contributed by atoms with E-state index in [1.54, 1.807) is 0 Å². The van der Waals surface area contributed by atoms with Gasteiger partial charge in [-0.15, -0.1) is 0 Å². The molecule has 0 N–H and O–H groups in total. The molecule has 1 atom stereocenters. The topological polar surface area (TPSA) is 0 Å². The predicted molar refractivity (Wildman–Crippen MR) is 82.2 cm³/mol. The zero-order chi connectivity index (χ0) is 12.4. The van der Waals surface area contributed by atoms with E-state index >= 15 is 0 Å². The average molecular weight is 303 g/mol. The quantitative estimate of drug-likeness (QED) is 0.610. The summed E-state index contributed by atoms with van der Waals surface area (Å²) in [6.07, 6.45) is 6.97. The molecular formula is C17H19Br. The molecule has 2 aromatic rings. The van der Waals surface area contributed by atoms with Gasteiger partial charge in [-0.2, -0.15) is 0 Å². The van der Waals surface area contributed by atoms with Crippen LogP contribution in [0.25, 0.3) is 10.8 Å². The summed E-state index contributed by atoms with van der Waals surface area (Å²) in [6.45, 7) is 0. The Bertz CT molecular complexity index is 521. The number of hydrogen-bond donors (Lipinski definition) is 0. The van der Waals surface area contributed by atoms with Crippen LogP contribution >= 0.6 is 15.9 Å². The molecule has 1 unspecified atom stereocenters. The van der Waals surface area contributed by atoms with Gasteiger partial charge in [0.1, 0.15) is 0 Å². The minimum Gasteiger partial charge on any atom is -0.0836 e. The maximum absolute atomic E-state index is 3.97. The molecule has 18 heavy (non-hydrogen) atoms. The van der Waals surface area contributed by atoms with E-state index in [1.165, 1.54) is 48.4 Å². The van der Waals surface area contributed by atoms with Crippen molar-refractivity contribution in [1.29, 1.82) is 0 Å². The van der Waals surface area contributed by atoms with Crippen LogP contribution < -0.4 is 0 Å². The highest BCUT2D eigenvalue weighted by molar-refractivity contribution is 9.09. The number of alkyl halides is 1. The minimum absolute atomic E-state index is 0.518. The predicted octanol–water partition coefficient (Wildman–Crippen LogP) is 5.86. The molecule has 0 heterocycles. The highest BCUT2D eigenvalue weighted by Gasteiger charge is 2.23. The van der Waals surface area contributed by atoms with Gasteiger partial charge in [-0.25, -0.2) is 0 Å². The highest BCUT2D eigenvalue weighted by atomic mass is 79.9. The van der Waals surface area contributed by atoms with Crippen LogP contribution in [0.5, 0.6) is 0 Å². The van der Waals surface area contributed by atoms with Crippen molar-refractivity contribution in [1.82, 2.24) is 0 Å². The second-order valence-corrected chi connectivity index (χ2v) is 6.35. The number of halogens is 1. The molecule has 1 aliphatic rings. The normalized spacial score (nSPS) is 18.9. The first-order chi connectivity index (χ1) is 8.86. The lowest BCUT2D eigenvalue weighted by molar-refractivity contribution is 0.355. The monoisotopic (exact) mass is 302 g/mol. The number of fused-ring (bicyclic) bond motifs is 1. The van der Waals surface area contributed by atoms with E-state index in [-0.39, 0.29) is 0 Å². The fraction of sp³-hybridized carbons (Fsp3) is 0.412. The third-order valence-electron chi connectivity index (χ3n) is 4.18. The van der Waals surface area contributed by atoms with Crippen molar-refractivity contribution in [3.8, 4) is 0 Å². The van der Waals surface area contributed by atoms with E-state index in [9.17, 15) is 0 Å². The van der Waals surface area contributed by atoms with Crippen molar-refractivity contribution < 1.29 is 0 Å². The van der Waals surface area contributed by atoms with Crippen molar-refractivity contribution in [2.45, 2.75) is 36.9 Å². The Morgan fingerprint density at radius 2 is 1.61 bits per heavy atom. The van der Waals surface area contributed by atoms with Crippen LogP contribution in [0.3, 0.4) is 0 Å². The molecule has 1 saturated carbocycles. The van der Waals surface area contributed by atoms with Crippen molar-refractivity contribution >= 4 is 26.7 Å². The van der Waals surface area contributed by atoms with Crippen molar-refractivity contribution in [3.63, 3.8) is 0 Å². The van der Waals surface area contributed by atoms with Crippen LogP contribution in [-0.4, -0.2) is 0 Å². The van der Waals surface area contributed by atoms with Crippen molar-refractivity contribution in [3.05, 3.63) is 48.0 Å². The lowest BCUT2D eigenvalue weighted by atomic mass is 9.83. The van der Waals surface area contributed by atoms with Crippen LogP contribution in [0.15, 0.2) is 42.5 Å². The molecule has 1 aliphatic carbocycles. The van der Waals surface area contributed by atoms with E-state index < -0.39 is 0 Å². The van der Waals surface area contributed by atoms with E-state index in [0.717, 1.165) is 5.92 Å². The maximum Gasteiger partial charge on any atom is 0.0429 e. The van der Waals surface area contributed by atoms with E-state index in [4.69, 9.17) is 0 Å². The molecule has 0 amide bonds. The summed E-state index contributed by atoms with van der Waals surface area (Å²) in [6, 6.07) is 15.4. The molecular weight excluding hydrogens is 284 g/mol. The molecule has 1 heteroatoms. The Morgan fingerprint density at radius 3 is 2.44 bits per heavy atom. The van der Waals surface area contributed by atoms with Gasteiger partial charge in [0.05, 0.1) is 0 Å². The lowest BCUT2D eigenvalue weighted by Crippen LogP contribution is -2.12. The first-order valence-electron chi connectivity index (χ1n) is 6.98. The zero-order valence-electron chi connectivity index (χ0n) is 10.6. The second kappa shape index (κ2) is 5.44. The smallest absolute Gasteiger partial charge is 0.0429 e. The SMILES string of the molecule is BrC(c1cccc2ccccc12)C1CCCCC1. The zero-order valence-corrected chi connectivity index (χ0v) is 12.2. The summed E-state index contributed by atoms with van der Waals surface area (Å²) >= 11 is 3.97. The van der Waals surface area contributed by atoms with Gasteiger partial charge in [-0.1, -0.05) is 77.7 Å². The summed E-state index contributed by atoms with van der Waals surface area (Å²) in [4.78, 5) is 0.518. The largest absolute Gasteiger partial charge is 0.0836 e. The summed E-state index contributed by atoms with van der Waals surface area (Å²) in [5.74, 6) is 0.810. The number of hydrogen-bond acceptors (Lipinski definition) is 0. The van der Waals surface area contributed by atoms with Crippen LogP contribution in [-0.2, 0) is 0 Å². The van der Waals surface area contributed by atoms with Crippen molar-refractivity contribution in [2.24, 2.45) is 5.92 Å². The minimum atomic E-state index is 0.518. The first-order valence-corrected chi connectivity index (χ1v) is 7.89. The van der Waals surface area contributed by atoms with Crippen molar-refractivity contribution in [2.75, 3.05) is 0 Å². The Morgan fingerprint density at radius 1 is 0.889 bits per heavy atom. The Balaban J connectivity index is 1.97. The summed E-state index contributed by atoms with van der Waals surface area (Å²) in [5.41, 5.74) is 1.47. The molecule has 2 aromatic carbocycles. The van der Waals surface area contributed by atoms with Gasteiger partial charge in [-0.05, 0) is 35.1 Å². The van der Waals surface area contributed by atoms with Gasteiger partial charge in [0, 0.05) is 4.83 Å². The Labute approximate surface area is 118 Å². The van der Waals surface area contributed by atoms with Crippen LogP contribution in [0, 0.1) is 5.92 Å². The number of benzene rings is 2. The standard InChI is InChI=1S/C17H19Br/c18-17(14-8-2-1-3-9-14)16-12-6-10-13-7-4-5-11-15(13)16/h4-7,10-12,14,17H,1-3,8-9H2. The molecule has 0 saturated heterocycles. The van der Waals surface area contributed by atoms with Gasteiger partial charge in [0.2, 0.25) is 0 Å². The molecule has 3 rings (SSSR count). The maximum atomic E-state index is 3.97. The molecule has 0 aromatic heterocycles. The molecule has 0 bridgehead atoms. The van der Waals surface area contributed by atoms with E-state index in [0.29, 0.717) is 4.83 Å². The fourth-order valence-electron chi connectivity index (χ4n) is 3.17.